The van der Waals surface area contributed by atoms with Gasteiger partial charge in [-0.25, -0.2) is 4.98 Å². The molecule has 8 nitrogen and oxygen atoms in total. The molecule has 0 fully saturated rings. The zero-order valence-corrected chi connectivity index (χ0v) is 24.8. The number of methoxy groups -OCH3 is 2. The molecule has 0 spiro atoms. The van der Waals surface area contributed by atoms with Crippen molar-refractivity contribution in [1.29, 1.82) is 0 Å². The van der Waals surface area contributed by atoms with Crippen LogP contribution in [0, 0.1) is 0 Å². The third-order valence-corrected chi connectivity index (χ3v) is 7.45. The molecule has 0 saturated carbocycles. The summed E-state index contributed by atoms with van der Waals surface area (Å²) in [6, 6.07) is 25.5. The number of rotatable bonds is 8. The molecule has 0 radical (unpaired) electrons. The van der Waals surface area contributed by atoms with E-state index in [2.05, 4.69) is 21.0 Å². The molecule has 0 aliphatic rings. The highest BCUT2D eigenvalue weighted by Gasteiger charge is 2.18. The molecule has 10 heteroatoms. The second-order valence-corrected chi connectivity index (χ2v) is 10.6. The van der Waals surface area contributed by atoms with Crippen molar-refractivity contribution < 1.29 is 18.6 Å². The lowest BCUT2D eigenvalue weighted by molar-refractivity contribution is 0.266. The van der Waals surface area contributed by atoms with E-state index in [4.69, 9.17) is 35.2 Å². The number of fused-ring (bicyclic) bond motifs is 2. The summed E-state index contributed by atoms with van der Waals surface area (Å²) >= 11 is 9.79. The molecule has 6 rings (SSSR count). The van der Waals surface area contributed by atoms with Crippen molar-refractivity contribution in [2.24, 2.45) is 5.10 Å². The average Bonchev–Trinajstić information content (AvgIpc) is 3.43. The maximum atomic E-state index is 13.6. The Bertz CT molecular complexity index is 2010. The number of hydrogen-bond acceptors (Lipinski definition) is 7. The summed E-state index contributed by atoms with van der Waals surface area (Å²) in [7, 11) is 3.07. The summed E-state index contributed by atoms with van der Waals surface area (Å²) in [5.74, 6) is 1.93. The molecule has 0 amide bonds. The van der Waals surface area contributed by atoms with E-state index >= 15 is 0 Å². The summed E-state index contributed by atoms with van der Waals surface area (Å²) in [5.41, 5.74) is 2.28. The summed E-state index contributed by atoms with van der Waals surface area (Å²) in [5, 5.41) is 6.44. The molecule has 42 heavy (non-hydrogen) atoms. The van der Waals surface area contributed by atoms with Gasteiger partial charge in [0.1, 0.15) is 12.2 Å². The topological polar surface area (TPSA) is 88.1 Å². The molecule has 0 aliphatic heterocycles. The Kier molecular flexibility index (Phi) is 7.69. The minimum absolute atomic E-state index is 0.218. The molecule has 0 bridgehead atoms. The lowest BCUT2D eigenvalue weighted by atomic mass is 10.2. The van der Waals surface area contributed by atoms with Crippen LogP contribution >= 0.6 is 27.5 Å². The second-order valence-electron chi connectivity index (χ2n) is 9.24. The van der Waals surface area contributed by atoms with Gasteiger partial charge in [-0.05, 0) is 54.6 Å². The Balaban J connectivity index is 1.42. The quantitative estimate of drug-likeness (QED) is 0.158. The van der Waals surface area contributed by atoms with Crippen molar-refractivity contribution >= 4 is 55.6 Å². The predicted molar refractivity (Wildman–Crippen MR) is 167 cm³/mol. The number of nitrogens with zero attached hydrogens (tertiary/aromatic N) is 3. The van der Waals surface area contributed by atoms with Gasteiger partial charge in [0.05, 0.1) is 31.3 Å². The van der Waals surface area contributed by atoms with Gasteiger partial charge in [0.25, 0.3) is 5.56 Å². The van der Waals surface area contributed by atoms with Gasteiger partial charge in [-0.3, -0.25) is 4.79 Å². The van der Waals surface area contributed by atoms with Crippen molar-refractivity contribution in [2.45, 2.75) is 6.61 Å². The Morgan fingerprint density at radius 1 is 0.976 bits per heavy atom. The molecule has 0 saturated heterocycles. The smallest absolute Gasteiger partial charge is 0.282 e. The van der Waals surface area contributed by atoms with Crippen molar-refractivity contribution in [3.8, 4) is 28.8 Å². The molecule has 0 aliphatic carbocycles. The average molecular weight is 645 g/mol. The van der Waals surface area contributed by atoms with Crippen LogP contribution in [0.4, 0.5) is 0 Å². The van der Waals surface area contributed by atoms with Gasteiger partial charge in [0.15, 0.2) is 17.3 Å². The number of hydrogen-bond donors (Lipinski definition) is 0. The molecular formula is C32H23BrClN3O5. The number of ether oxygens (including phenoxy) is 3. The first-order valence-corrected chi connectivity index (χ1v) is 14.0. The summed E-state index contributed by atoms with van der Waals surface area (Å²) in [6.07, 6.45) is 1.53. The third-order valence-electron chi connectivity index (χ3n) is 6.59. The Hall–Kier alpha value is -4.60. The molecule has 0 N–H and O–H groups in total. The van der Waals surface area contributed by atoms with Gasteiger partial charge >= 0.3 is 0 Å². The molecule has 0 unspecified atom stereocenters. The van der Waals surface area contributed by atoms with Crippen LogP contribution in [0.1, 0.15) is 11.1 Å². The number of para-hydroxylation sites is 1. The fourth-order valence-corrected chi connectivity index (χ4v) is 5.09. The van der Waals surface area contributed by atoms with E-state index in [1.807, 2.05) is 48.5 Å². The third kappa shape index (κ3) is 5.36. The molecule has 0 atom stereocenters. The highest BCUT2D eigenvalue weighted by molar-refractivity contribution is 9.10. The van der Waals surface area contributed by atoms with E-state index in [0.29, 0.717) is 50.1 Å². The first-order chi connectivity index (χ1) is 20.4. The molecule has 4 aromatic carbocycles. The van der Waals surface area contributed by atoms with Gasteiger partial charge < -0.3 is 18.6 Å². The van der Waals surface area contributed by atoms with Crippen molar-refractivity contribution in [3.63, 3.8) is 0 Å². The second kappa shape index (κ2) is 11.7. The number of furan rings is 1. The standard InChI is InChI=1S/C32H23BrClN3O5/c1-39-27-13-19(14-28(40-2)30(27)41-18-20-7-3-5-9-24(20)34)17-35-37-31(36-25-10-6-4-8-23(25)32(37)38)29-16-21-15-22(33)11-12-26(21)42-29/h3-17H,18H2,1-2H3. The lowest BCUT2D eigenvalue weighted by Crippen LogP contribution is -2.20. The largest absolute Gasteiger partial charge is 0.493 e. The summed E-state index contributed by atoms with van der Waals surface area (Å²) in [4.78, 5) is 18.4. The molecule has 210 valence electrons. The Morgan fingerprint density at radius 2 is 1.71 bits per heavy atom. The number of halogens is 2. The van der Waals surface area contributed by atoms with Gasteiger partial charge in [0.2, 0.25) is 11.6 Å². The van der Waals surface area contributed by atoms with Crippen LogP contribution in [0.15, 0.2) is 104 Å². The molecule has 2 heterocycles. The normalized spacial score (nSPS) is 11.4. The fourth-order valence-electron chi connectivity index (χ4n) is 4.52. The van der Waals surface area contributed by atoms with Gasteiger partial charge in [0, 0.05) is 26.0 Å². The Labute approximate surface area is 253 Å². The molecular weight excluding hydrogens is 622 g/mol. The van der Waals surface area contributed by atoms with Crippen LogP contribution in [0.2, 0.25) is 5.02 Å². The number of benzene rings is 4. The van der Waals surface area contributed by atoms with E-state index in [1.54, 1.807) is 36.4 Å². The maximum Gasteiger partial charge on any atom is 0.282 e. The van der Waals surface area contributed by atoms with Gasteiger partial charge in [-0.1, -0.05) is 57.9 Å². The lowest BCUT2D eigenvalue weighted by Gasteiger charge is -2.16. The van der Waals surface area contributed by atoms with Crippen molar-refractivity contribution in [1.82, 2.24) is 9.66 Å². The van der Waals surface area contributed by atoms with E-state index in [1.165, 1.54) is 25.1 Å². The van der Waals surface area contributed by atoms with Crippen LogP contribution in [0.3, 0.4) is 0 Å². The van der Waals surface area contributed by atoms with E-state index in [0.717, 1.165) is 15.4 Å². The van der Waals surface area contributed by atoms with Crippen LogP contribution < -0.4 is 19.8 Å². The van der Waals surface area contributed by atoms with Gasteiger partial charge in [-0.15, -0.1) is 0 Å². The first-order valence-electron chi connectivity index (χ1n) is 12.8. The SMILES string of the molecule is COc1cc(C=Nn2c(-c3cc4cc(Br)ccc4o3)nc3ccccc3c2=O)cc(OC)c1OCc1ccccc1Cl. The van der Waals surface area contributed by atoms with Crippen molar-refractivity contribution in [3.05, 3.63) is 116 Å². The van der Waals surface area contributed by atoms with Crippen LogP contribution in [-0.2, 0) is 6.61 Å². The predicted octanol–water partition coefficient (Wildman–Crippen LogP) is 7.70. The molecule has 2 aromatic heterocycles. The van der Waals surface area contributed by atoms with Crippen molar-refractivity contribution in [2.75, 3.05) is 14.2 Å². The highest BCUT2D eigenvalue weighted by Crippen LogP contribution is 2.39. The summed E-state index contributed by atoms with van der Waals surface area (Å²) < 4.78 is 25.5. The fraction of sp³-hybridized carbons (Fsp3) is 0.0938. The minimum Gasteiger partial charge on any atom is -0.493 e. The zero-order chi connectivity index (χ0) is 29.2. The number of aromatic nitrogens is 2. The van der Waals surface area contributed by atoms with Crippen LogP contribution in [0.25, 0.3) is 33.5 Å². The van der Waals surface area contributed by atoms with E-state index < -0.39 is 0 Å². The van der Waals surface area contributed by atoms with E-state index in [-0.39, 0.29) is 18.0 Å². The Morgan fingerprint density at radius 3 is 2.48 bits per heavy atom. The monoisotopic (exact) mass is 643 g/mol. The van der Waals surface area contributed by atoms with Crippen LogP contribution in [0.5, 0.6) is 17.2 Å². The summed E-state index contributed by atoms with van der Waals surface area (Å²) in [6.45, 7) is 0.218. The zero-order valence-electron chi connectivity index (χ0n) is 22.5. The van der Waals surface area contributed by atoms with Crippen LogP contribution in [-0.4, -0.2) is 30.1 Å². The minimum atomic E-state index is -0.341. The first kappa shape index (κ1) is 27.6. The van der Waals surface area contributed by atoms with E-state index in [9.17, 15) is 4.79 Å². The maximum absolute atomic E-state index is 13.6. The molecule has 6 aromatic rings. The van der Waals surface area contributed by atoms with Gasteiger partial charge in [-0.2, -0.15) is 9.78 Å². The highest BCUT2D eigenvalue weighted by atomic mass is 79.9.